The Bertz CT molecular complexity index is 1060. The zero-order chi connectivity index (χ0) is 30.2. The zero-order valence-electron chi connectivity index (χ0n) is 26.3. The number of fused-ring (bicyclic) bond motifs is 2. The van der Waals surface area contributed by atoms with Crippen LogP contribution in [0.15, 0.2) is 24.3 Å². The lowest BCUT2D eigenvalue weighted by Gasteiger charge is -2.69. The number of ether oxygens (including phenoxy) is 2. The summed E-state index contributed by atoms with van der Waals surface area (Å²) in [6, 6.07) is 0. The maximum absolute atomic E-state index is 10.6. The highest BCUT2D eigenvalue weighted by Gasteiger charge is 2.74. The quantitative estimate of drug-likeness (QED) is 0.256. The first-order valence-corrected chi connectivity index (χ1v) is 16.5. The second kappa shape index (κ2) is 10.9. The van der Waals surface area contributed by atoms with Crippen LogP contribution in [0, 0.1) is 46.3 Å². The molecule has 2 saturated heterocycles. The molecule has 0 aromatic rings. The van der Waals surface area contributed by atoms with E-state index in [4.69, 9.17) is 19.2 Å². The van der Waals surface area contributed by atoms with Crippen LogP contribution in [-0.4, -0.2) is 75.0 Å². The molecule has 7 rings (SSSR count). The summed E-state index contributed by atoms with van der Waals surface area (Å²) >= 11 is 0. The maximum atomic E-state index is 10.6. The first kappa shape index (κ1) is 31.2. The van der Waals surface area contributed by atoms with Gasteiger partial charge in [-0.3, -0.25) is 0 Å². The summed E-state index contributed by atoms with van der Waals surface area (Å²) < 4.78 is 11.9. The Hall–Kier alpha value is -0.840. The Balaban J connectivity index is 1.21. The predicted octanol–water partition coefficient (Wildman–Crippen LogP) is 4.30. The maximum Gasteiger partial charge on any atom is 0.186 e. The van der Waals surface area contributed by atoms with Gasteiger partial charge in [-0.15, -0.1) is 0 Å². The molecular weight excluding hydrogens is 536 g/mol. The Kier molecular flexibility index (Phi) is 8.09. The molecule has 42 heavy (non-hydrogen) atoms. The van der Waals surface area contributed by atoms with Crippen LogP contribution in [0.25, 0.3) is 0 Å². The molecule has 5 fully saturated rings. The van der Waals surface area contributed by atoms with Crippen molar-refractivity contribution < 1.29 is 39.7 Å². The highest BCUT2D eigenvalue weighted by molar-refractivity contribution is 5.33. The highest BCUT2D eigenvalue weighted by Crippen LogP contribution is 2.73. The van der Waals surface area contributed by atoms with Gasteiger partial charge in [0.05, 0.1) is 12.7 Å². The largest absolute Gasteiger partial charge is 0.394 e. The van der Waals surface area contributed by atoms with Crippen LogP contribution in [0.5, 0.6) is 0 Å². The molecule has 0 amide bonds. The van der Waals surface area contributed by atoms with E-state index in [-0.39, 0.29) is 16.9 Å². The van der Waals surface area contributed by atoms with Gasteiger partial charge < -0.3 is 29.9 Å². The van der Waals surface area contributed by atoms with E-state index in [2.05, 4.69) is 65.8 Å². The van der Waals surface area contributed by atoms with E-state index in [0.29, 0.717) is 41.9 Å². The summed E-state index contributed by atoms with van der Waals surface area (Å²) in [5, 5.41) is 40.6. The Labute approximate surface area is 251 Å². The Morgan fingerprint density at radius 3 is 2.31 bits per heavy atom. The molecule has 3 saturated carbocycles. The van der Waals surface area contributed by atoms with Crippen molar-refractivity contribution in [2.24, 2.45) is 46.3 Å². The smallest absolute Gasteiger partial charge is 0.186 e. The number of hydrogen-bond donors (Lipinski definition) is 4. The van der Waals surface area contributed by atoms with Crippen molar-refractivity contribution in [2.75, 3.05) is 6.61 Å². The number of aliphatic hydroxyl groups is 4. The van der Waals surface area contributed by atoms with Gasteiger partial charge in [-0.05, 0) is 73.7 Å². The van der Waals surface area contributed by atoms with E-state index in [0.717, 1.165) is 25.7 Å². The first-order valence-electron chi connectivity index (χ1n) is 16.5. The van der Waals surface area contributed by atoms with Crippen molar-refractivity contribution in [2.45, 2.75) is 135 Å². The van der Waals surface area contributed by atoms with E-state index in [9.17, 15) is 20.4 Å². The van der Waals surface area contributed by atoms with Gasteiger partial charge in [0.15, 0.2) is 6.29 Å². The molecule has 7 aliphatic rings. The molecule has 0 radical (unpaired) electrons. The molecule has 0 unspecified atom stereocenters. The van der Waals surface area contributed by atoms with Crippen LogP contribution in [-0.2, 0) is 19.2 Å². The van der Waals surface area contributed by atoms with E-state index in [1.165, 1.54) is 12.8 Å². The molecule has 0 aromatic heterocycles. The van der Waals surface area contributed by atoms with Crippen LogP contribution in [0.3, 0.4) is 0 Å². The van der Waals surface area contributed by atoms with Crippen molar-refractivity contribution in [1.82, 2.24) is 0 Å². The summed E-state index contributed by atoms with van der Waals surface area (Å²) in [4.78, 5) is 13.1. The second-order valence-electron chi connectivity index (χ2n) is 15.5. The summed E-state index contributed by atoms with van der Waals surface area (Å²) in [5.74, 6) is 3.12. The van der Waals surface area contributed by atoms with E-state index >= 15 is 0 Å². The molecule has 8 heteroatoms. The average Bonchev–Trinajstić information content (AvgIpc) is 3.33. The normalized spacial score (nSPS) is 53.2. The van der Waals surface area contributed by atoms with E-state index < -0.39 is 48.5 Å². The van der Waals surface area contributed by atoms with Crippen molar-refractivity contribution >= 4 is 0 Å². The van der Waals surface area contributed by atoms with Gasteiger partial charge in [-0.2, -0.15) is 0 Å². The minimum Gasteiger partial charge on any atom is -0.394 e. The van der Waals surface area contributed by atoms with Crippen molar-refractivity contribution in [3.8, 4) is 0 Å². The zero-order valence-corrected chi connectivity index (χ0v) is 26.3. The van der Waals surface area contributed by atoms with Crippen molar-refractivity contribution in [1.29, 1.82) is 0 Å². The van der Waals surface area contributed by atoms with Gasteiger partial charge in [-0.1, -0.05) is 59.8 Å². The lowest BCUT2D eigenvalue weighted by molar-refractivity contribution is -0.499. The third-order valence-electron chi connectivity index (χ3n) is 13.3. The van der Waals surface area contributed by atoms with Gasteiger partial charge in [0, 0.05) is 23.7 Å². The summed E-state index contributed by atoms with van der Waals surface area (Å²) in [5.41, 5.74) is -0.998. The molecule has 4 aliphatic carbocycles. The SMILES string of the molecule is CC(C)[C@@H](C)/C=C/[C@@H](C)[C@H]1CC[C@H]2[C@]1(C)CC[C@H]1[C@]23C=C[C@]2(C[C@@H](O[C@@H]4O[C@H](CO)[C@@H](O)[C@H](O)[C@H]4O)CC[C@]12C)OO3. The van der Waals surface area contributed by atoms with Crippen LogP contribution in [0.2, 0.25) is 0 Å². The number of hydrogen-bond acceptors (Lipinski definition) is 8. The summed E-state index contributed by atoms with van der Waals surface area (Å²) in [6.45, 7) is 13.7. The molecular formula is C34H54O8. The number of rotatable bonds is 7. The van der Waals surface area contributed by atoms with Crippen molar-refractivity contribution in [3.05, 3.63) is 24.3 Å². The molecule has 2 spiro atoms. The van der Waals surface area contributed by atoms with Gasteiger partial charge >= 0.3 is 0 Å². The monoisotopic (exact) mass is 590 g/mol. The minimum atomic E-state index is -1.46. The fourth-order valence-corrected chi connectivity index (χ4v) is 10.2. The highest BCUT2D eigenvalue weighted by atomic mass is 17.2. The van der Waals surface area contributed by atoms with Gasteiger partial charge in [0.1, 0.15) is 35.6 Å². The fraction of sp³-hybridized carbons (Fsp3) is 0.882. The van der Waals surface area contributed by atoms with E-state index in [1.54, 1.807) is 0 Å². The van der Waals surface area contributed by atoms with Crippen LogP contribution in [0.1, 0.15) is 86.5 Å². The summed E-state index contributed by atoms with van der Waals surface area (Å²) in [7, 11) is 0. The predicted molar refractivity (Wildman–Crippen MR) is 157 cm³/mol. The molecule has 3 aliphatic heterocycles. The lowest BCUT2D eigenvalue weighted by Crippen LogP contribution is -2.73. The van der Waals surface area contributed by atoms with Crippen LogP contribution in [0.4, 0.5) is 0 Å². The molecule has 15 atom stereocenters. The second-order valence-corrected chi connectivity index (χ2v) is 15.5. The molecule has 8 nitrogen and oxygen atoms in total. The summed E-state index contributed by atoms with van der Waals surface area (Å²) in [6.07, 6.45) is 9.63. The van der Waals surface area contributed by atoms with Gasteiger partial charge in [0.25, 0.3) is 0 Å². The Morgan fingerprint density at radius 2 is 1.64 bits per heavy atom. The average molecular weight is 591 g/mol. The van der Waals surface area contributed by atoms with E-state index in [1.807, 2.05) is 0 Å². The number of allylic oxidation sites excluding steroid dienone is 2. The fourth-order valence-electron chi connectivity index (χ4n) is 10.2. The Morgan fingerprint density at radius 1 is 0.881 bits per heavy atom. The third kappa shape index (κ3) is 4.45. The molecule has 4 N–H and O–H groups in total. The minimum absolute atomic E-state index is 0.118. The standard InChI is InChI=1S/C34H54O8/c1-19(2)20(3)7-8-21(4)23-9-10-25-31(23,5)13-12-26-32(6)14-11-22(17-33(32)15-16-34(25,26)42-41-33)39-30-29(38)28(37)27(36)24(18-35)40-30/h7-8,15-16,19-30,35-38H,9-14,17-18H2,1-6H3/b8-7+/t20-,21+,22-,23+,24+,25-,26+,27+,28-,29+,30+,31+,32+,33+,34-/m0/s1. The van der Waals surface area contributed by atoms with Gasteiger partial charge in [-0.25, -0.2) is 9.78 Å². The lowest BCUT2D eigenvalue weighted by atomic mass is 9.42. The molecule has 2 bridgehead atoms. The third-order valence-corrected chi connectivity index (χ3v) is 13.3. The van der Waals surface area contributed by atoms with Gasteiger partial charge in [0.2, 0.25) is 0 Å². The topological polar surface area (TPSA) is 118 Å². The first-order chi connectivity index (χ1) is 19.8. The molecule has 238 valence electrons. The molecule has 3 heterocycles. The van der Waals surface area contributed by atoms with Crippen molar-refractivity contribution in [3.63, 3.8) is 0 Å². The molecule has 0 aromatic carbocycles. The van der Waals surface area contributed by atoms with Crippen LogP contribution >= 0.6 is 0 Å². The van der Waals surface area contributed by atoms with Crippen LogP contribution < -0.4 is 0 Å². The number of aliphatic hydroxyl groups excluding tert-OH is 4.